The number of urea groups is 1. The van der Waals surface area contributed by atoms with Crippen LogP contribution in [0.5, 0.6) is 0 Å². The Morgan fingerprint density at radius 2 is 1.34 bits per heavy atom. The Balaban J connectivity index is 2.06. The lowest BCUT2D eigenvalue weighted by molar-refractivity contribution is -0.143. The maximum atomic E-state index is 13.6. The van der Waals surface area contributed by atoms with E-state index in [1.54, 1.807) is 26.1 Å². The van der Waals surface area contributed by atoms with Crippen molar-refractivity contribution in [2.24, 2.45) is 0 Å². The average molecular weight is 471 g/mol. The fourth-order valence-electron chi connectivity index (χ4n) is 4.61. The molecule has 2 aromatic carbocycles. The molecule has 1 unspecified atom stereocenters. The van der Waals surface area contributed by atoms with E-state index < -0.39 is 34.3 Å². The first-order chi connectivity index (χ1) is 15.0. The zero-order chi connectivity index (χ0) is 23.7. The number of carbonyl (C=O) groups is 2. The number of hydrogen-bond donors (Lipinski definition) is 0. The number of benzene rings is 2. The van der Waals surface area contributed by atoms with Gasteiger partial charge in [-0.3, -0.25) is 9.69 Å². The summed E-state index contributed by atoms with van der Waals surface area (Å²) in [4.78, 5) is 29.4. The van der Waals surface area contributed by atoms with E-state index in [1.807, 2.05) is 36.4 Å². The van der Waals surface area contributed by atoms with Crippen LogP contribution in [0.25, 0.3) is 0 Å². The first-order valence-corrected chi connectivity index (χ1v) is 16.9. The molecule has 0 saturated carbocycles. The SMILES string of the molecule is COC(O[Si](C)(C)c1ccccc1)[C@@H]1[C@@H]([Si](C)(C)c2ccccc2)C(=O)N(C)C(=O)N1C. The van der Waals surface area contributed by atoms with E-state index in [0.717, 1.165) is 10.4 Å². The normalized spacial score (nSPS) is 21.1. The minimum absolute atomic E-state index is 0.163. The van der Waals surface area contributed by atoms with Crippen LogP contribution in [0.3, 0.4) is 0 Å². The summed E-state index contributed by atoms with van der Waals surface area (Å²) in [5, 5.41) is 2.29. The number of rotatable bonds is 7. The lowest BCUT2D eigenvalue weighted by Gasteiger charge is -2.50. The van der Waals surface area contributed by atoms with Gasteiger partial charge in [0.05, 0.1) is 19.7 Å². The predicted molar refractivity (Wildman–Crippen MR) is 132 cm³/mol. The Hall–Kier alpha value is -2.27. The number of likely N-dealkylation sites (N-methyl/N-ethyl adjacent to an activating group) is 1. The molecule has 0 aliphatic carbocycles. The van der Waals surface area contributed by atoms with Crippen molar-refractivity contribution in [3.63, 3.8) is 0 Å². The summed E-state index contributed by atoms with van der Waals surface area (Å²) in [6, 6.07) is 19.4. The lowest BCUT2D eigenvalue weighted by atomic mass is 10.1. The molecule has 8 heteroatoms. The van der Waals surface area contributed by atoms with Crippen LogP contribution >= 0.6 is 0 Å². The van der Waals surface area contributed by atoms with Crippen LogP contribution in [-0.2, 0) is 14.0 Å². The molecule has 0 aromatic heterocycles. The molecule has 1 aliphatic rings. The molecule has 1 aliphatic heterocycles. The maximum absolute atomic E-state index is 13.6. The minimum atomic E-state index is -2.38. The summed E-state index contributed by atoms with van der Waals surface area (Å²) in [6.07, 6.45) is -0.719. The molecule has 0 spiro atoms. The third kappa shape index (κ3) is 4.45. The fourth-order valence-corrected chi connectivity index (χ4v) is 10.0. The van der Waals surface area contributed by atoms with Crippen molar-refractivity contribution in [2.45, 2.75) is 44.1 Å². The molecule has 172 valence electrons. The van der Waals surface area contributed by atoms with Crippen molar-refractivity contribution in [1.29, 1.82) is 0 Å². The number of amides is 3. The molecule has 3 atom stereocenters. The average Bonchev–Trinajstić information content (AvgIpc) is 2.79. The van der Waals surface area contributed by atoms with Gasteiger partial charge < -0.3 is 14.1 Å². The van der Waals surface area contributed by atoms with Gasteiger partial charge in [0.25, 0.3) is 0 Å². The molecule has 6 nitrogen and oxygen atoms in total. The lowest BCUT2D eigenvalue weighted by Crippen LogP contribution is -2.69. The molecule has 1 saturated heterocycles. The van der Waals surface area contributed by atoms with Gasteiger partial charge in [-0.2, -0.15) is 0 Å². The highest BCUT2D eigenvalue weighted by molar-refractivity contribution is 6.93. The molecule has 3 rings (SSSR count). The van der Waals surface area contributed by atoms with Gasteiger partial charge in [-0.1, -0.05) is 78.9 Å². The highest BCUT2D eigenvalue weighted by Crippen LogP contribution is 2.37. The zero-order valence-corrected chi connectivity index (χ0v) is 22.0. The van der Waals surface area contributed by atoms with Gasteiger partial charge in [-0.15, -0.1) is 0 Å². The van der Waals surface area contributed by atoms with Crippen molar-refractivity contribution in [1.82, 2.24) is 9.80 Å². The summed E-state index contributed by atoms with van der Waals surface area (Å²) >= 11 is 0. The quantitative estimate of drug-likeness (QED) is 0.461. The fraction of sp³-hybridized carbons (Fsp3) is 0.417. The standard InChI is InChI=1S/C24H34N2O4Si2/c1-25-20(23(29-3)30-32(6,7)19-16-12-9-13-17-19)21(22(27)26(2)24(25)28)31(4,5)18-14-10-8-11-15-18/h8-17,20-21,23H,1-7H3/t20-,21+,23?/m0/s1. The summed E-state index contributed by atoms with van der Waals surface area (Å²) < 4.78 is 12.5. The Morgan fingerprint density at radius 1 is 0.844 bits per heavy atom. The number of nitrogens with zero attached hydrogens (tertiary/aromatic N) is 2. The largest absolute Gasteiger partial charge is 0.387 e. The minimum Gasteiger partial charge on any atom is -0.387 e. The van der Waals surface area contributed by atoms with E-state index in [1.165, 1.54) is 4.90 Å². The number of imide groups is 1. The molecule has 1 heterocycles. The van der Waals surface area contributed by atoms with Crippen LogP contribution in [0, 0.1) is 0 Å². The van der Waals surface area contributed by atoms with Crippen molar-refractivity contribution in [2.75, 3.05) is 21.2 Å². The molecule has 0 radical (unpaired) electrons. The number of ether oxygens (including phenoxy) is 1. The second-order valence-electron chi connectivity index (χ2n) is 9.44. The molecular weight excluding hydrogens is 436 g/mol. The van der Waals surface area contributed by atoms with Crippen LogP contribution in [-0.4, -0.2) is 71.7 Å². The molecular formula is C24H34N2O4Si2. The number of hydrogen-bond acceptors (Lipinski definition) is 4. The Bertz CT molecular complexity index is 953. The van der Waals surface area contributed by atoms with Crippen molar-refractivity contribution < 1.29 is 18.8 Å². The third-order valence-corrected chi connectivity index (χ3v) is 13.2. The van der Waals surface area contributed by atoms with Crippen LogP contribution in [0.2, 0.25) is 31.7 Å². The van der Waals surface area contributed by atoms with E-state index in [9.17, 15) is 9.59 Å². The smallest absolute Gasteiger partial charge is 0.326 e. The highest BCUT2D eigenvalue weighted by atomic mass is 28.4. The molecule has 2 aromatic rings. The van der Waals surface area contributed by atoms with Gasteiger partial charge >= 0.3 is 6.03 Å². The van der Waals surface area contributed by atoms with Crippen molar-refractivity contribution in [3.8, 4) is 0 Å². The van der Waals surface area contributed by atoms with Gasteiger partial charge in [0, 0.05) is 21.2 Å². The molecule has 0 N–H and O–H groups in total. The monoisotopic (exact) mass is 470 g/mol. The van der Waals surface area contributed by atoms with E-state index in [4.69, 9.17) is 9.16 Å². The first kappa shape index (κ1) is 24.4. The Morgan fingerprint density at radius 3 is 1.84 bits per heavy atom. The van der Waals surface area contributed by atoms with Crippen molar-refractivity contribution >= 4 is 38.7 Å². The molecule has 3 amide bonds. The van der Waals surface area contributed by atoms with Gasteiger partial charge in [-0.25, -0.2) is 4.79 Å². The zero-order valence-electron chi connectivity index (χ0n) is 20.0. The summed E-state index contributed by atoms with van der Waals surface area (Å²) in [6.45, 7) is 8.59. The summed E-state index contributed by atoms with van der Waals surface area (Å²) in [5.74, 6) is -0.163. The van der Waals surface area contributed by atoms with Gasteiger partial charge in [-0.05, 0) is 18.3 Å². The second-order valence-corrected chi connectivity index (χ2v) is 17.9. The van der Waals surface area contributed by atoms with Crippen LogP contribution < -0.4 is 10.4 Å². The van der Waals surface area contributed by atoms with E-state index >= 15 is 0 Å². The predicted octanol–water partition coefficient (Wildman–Crippen LogP) is 2.97. The van der Waals surface area contributed by atoms with Crippen molar-refractivity contribution in [3.05, 3.63) is 60.7 Å². The van der Waals surface area contributed by atoms with E-state index in [-0.39, 0.29) is 11.9 Å². The van der Waals surface area contributed by atoms with Gasteiger partial charge in [0.2, 0.25) is 14.2 Å². The summed E-state index contributed by atoms with van der Waals surface area (Å²) in [7, 11) is 0.134. The summed E-state index contributed by atoms with van der Waals surface area (Å²) in [5.41, 5.74) is -0.414. The number of methoxy groups -OCH3 is 1. The second kappa shape index (κ2) is 9.31. The van der Waals surface area contributed by atoms with E-state index in [0.29, 0.717) is 0 Å². The molecule has 32 heavy (non-hydrogen) atoms. The number of carbonyl (C=O) groups excluding carboxylic acids is 2. The third-order valence-electron chi connectivity index (χ3n) is 6.66. The van der Waals surface area contributed by atoms with E-state index in [2.05, 4.69) is 50.5 Å². The van der Waals surface area contributed by atoms with Crippen LogP contribution in [0.1, 0.15) is 0 Å². The van der Waals surface area contributed by atoms with Crippen LogP contribution in [0.4, 0.5) is 4.79 Å². The maximum Gasteiger partial charge on any atom is 0.326 e. The first-order valence-electron chi connectivity index (χ1n) is 10.9. The topological polar surface area (TPSA) is 59.1 Å². The van der Waals surface area contributed by atoms with Gasteiger partial charge in [0.15, 0.2) is 6.29 Å². The molecule has 0 bridgehead atoms. The van der Waals surface area contributed by atoms with Crippen LogP contribution in [0.15, 0.2) is 60.7 Å². The Labute approximate surface area is 193 Å². The molecule has 1 fully saturated rings. The Kier molecular flexibility index (Phi) is 7.09. The van der Waals surface area contributed by atoms with Gasteiger partial charge in [0.1, 0.15) is 0 Å². The highest BCUT2D eigenvalue weighted by Gasteiger charge is 2.55.